The topological polar surface area (TPSA) is 78.7 Å². The van der Waals surface area contributed by atoms with E-state index in [1.165, 1.54) is 32.1 Å². The maximum absolute atomic E-state index is 13.3. The first-order valence-electron chi connectivity index (χ1n) is 17.9. The van der Waals surface area contributed by atoms with E-state index in [9.17, 15) is 4.79 Å². The molecular weight excluding hydrogens is 602 g/mol. The molecule has 0 amide bonds. The number of quaternary nitrogens is 1. The molecule has 48 heavy (non-hydrogen) atoms. The maximum Gasteiger partial charge on any atom is 0.347 e. The molecule has 0 saturated heterocycles. The van der Waals surface area contributed by atoms with Crippen LogP contribution in [0.4, 0.5) is 11.4 Å². The Hall–Kier alpha value is -3.91. The summed E-state index contributed by atoms with van der Waals surface area (Å²) in [6, 6.07) is 19.9. The van der Waals surface area contributed by atoms with Crippen molar-refractivity contribution in [3.63, 3.8) is 0 Å². The predicted molar refractivity (Wildman–Crippen MR) is 195 cm³/mol. The van der Waals surface area contributed by atoms with Crippen molar-refractivity contribution in [1.82, 2.24) is 0 Å². The Balaban J connectivity index is 1.57. The van der Waals surface area contributed by atoms with Crippen LogP contribution in [0.15, 0.2) is 77.0 Å². The molecule has 3 rings (SSSR count). The molecule has 0 aliphatic heterocycles. The summed E-state index contributed by atoms with van der Waals surface area (Å²) in [6.07, 6.45) is 13.7. The number of nitrogens with zero attached hydrogens (tertiary/aromatic N) is 3. The molecule has 8 heteroatoms. The van der Waals surface area contributed by atoms with Gasteiger partial charge in [-0.2, -0.15) is 10.2 Å². The Morgan fingerprint density at radius 1 is 0.562 bits per heavy atom. The monoisotopic (exact) mass is 660 g/mol. The van der Waals surface area contributed by atoms with Crippen molar-refractivity contribution in [1.29, 1.82) is 0 Å². The van der Waals surface area contributed by atoms with Crippen LogP contribution in [0.5, 0.6) is 23.0 Å². The Labute approximate surface area is 289 Å². The fraction of sp³-hybridized carbons (Fsp3) is 0.525. The van der Waals surface area contributed by atoms with Gasteiger partial charge in [-0.1, -0.05) is 52.4 Å². The van der Waals surface area contributed by atoms with Crippen LogP contribution in [0, 0.1) is 0 Å². The van der Waals surface area contributed by atoms with E-state index in [1.807, 2.05) is 36.4 Å². The van der Waals surface area contributed by atoms with Crippen molar-refractivity contribution >= 4 is 17.3 Å². The van der Waals surface area contributed by atoms with Gasteiger partial charge in [-0.05, 0) is 99.2 Å². The molecule has 0 saturated carbocycles. The highest BCUT2D eigenvalue weighted by Crippen LogP contribution is 2.28. The zero-order chi connectivity index (χ0) is 34.5. The van der Waals surface area contributed by atoms with Gasteiger partial charge < -0.3 is 23.4 Å². The van der Waals surface area contributed by atoms with Gasteiger partial charge in [-0.15, -0.1) is 0 Å². The number of hydrogen-bond acceptors (Lipinski definition) is 7. The lowest BCUT2D eigenvalue weighted by atomic mass is 10.1. The first-order chi connectivity index (χ1) is 23.3. The number of benzene rings is 3. The van der Waals surface area contributed by atoms with Crippen molar-refractivity contribution in [2.45, 2.75) is 90.9 Å². The van der Waals surface area contributed by atoms with Gasteiger partial charge >= 0.3 is 5.97 Å². The lowest BCUT2D eigenvalue weighted by Gasteiger charge is -2.23. The molecule has 0 aromatic heterocycles. The molecule has 262 valence electrons. The van der Waals surface area contributed by atoms with Gasteiger partial charge in [0.1, 0.15) is 28.6 Å². The largest absolute Gasteiger partial charge is 0.494 e. The Morgan fingerprint density at radius 2 is 1.06 bits per heavy atom. The van der Waals surface area contributed by atoms with Gasteiger partial charge in [0, 0.05) is 6.07 Å². The van der Waals surface area contributed by atoms with E-state index >= 15 is 0 Å². The Bertz CT molecular complexity index is 1350. The average Bonchev–Trinajstić information content (AvgIpc) is 3.07. The van der Waals surface area contributed by atoms with E-state index in [2.05, 4.69) is 45.2 Å². The maximum atomic E-state index is 13.3. The third kappa shape index (κ3) is 15.8. The minimum Gasteiger partial charge on any atom is -0.494 e. The molecule has 0 radical (unpaired) electrons. The van der Waals surface area contributed by atoms with Crippen LogP contribution in [0.1, 0.15) is 101 Å². The minimum absolute atomic E-state index is 0.373. The number of carbonyl (C=O) groups is 1. The van der Waals surface area contributed by atoms with Crippen LogP contribution in [0.25, 0.3) is 0 Å². The van der Waals surface area contributed by atoms with Gasteiger partial charge in [0.2, 0.25) is 0 Å². The molecular formula is C40H58N3O5+. The van der Waals surface area contributed by atoms with E-state index in [0.717, 1.165) is 67.4 Å². The summed E-state index contributed by atoms with van der Waals surface area (Å²) in [5.41, 5.74) is 1.75. The van der Waals surface area contributed by atoms with E-state index < -0.39 is 5.97 Å². The fourth-order valence-corrected chi connectivity index (χ4v) is 4.98. The first-order valence-corrected chi connectivity index (χ1v) is 17.9. The normalized spacial score (nSPS) is 11.5. The summed E-state index contributed by atoms with van der Waals surface area (Å²) in [6.45, 7) is 7.40. The van der Waals surface area contributed by atoms with Gasteiger partial charge in [-0.3, -0.25) is 0 Å². The molecule has 0 N–H and O–H groups in total. The summed E-state index contributed by atoms with van der Waals surface area (Å²) in [4.78, 5) is 13.3. The fourth-order valence-electron chi connectivity index (χ4n) is 4.98. The average molecular weight is 661 g/mol. The van der Waals surface area contributed by atoms with Gasteiger partial charge in [0.05, 0.1) is 58.9 Å². The summed E-state index contributed by atoms with van der Waals surface area (Å²) in [5, 5.41) is 8.62. The molecule has 0 atom stereocenters. The van der Waals surface area contributed by atoms with Crippen molar-refractivity contribution in [2.75, 3.05) is 47.5 Å². The number of carbonyl (C=O) groups excluding carboxylic acids is 1. The number of unbranched alkanes of at least 4 members (excludes halogenated alkanes) is 9. The summed E-state index contributed by atoms with van der Waals surface area (Å²) < 4.78 is 24.6. The van der Waals surface area contributed by atoms with Crippen LogP contribution >= 0.6 is 0 Å². The van der Waals surface area contributed by atoms with Crippen LogP contribution < -0.4 is 18.9 Å². The Morgan fingerprint density at radius 3 is 1.69 bits per heavy atom. The molecule has 0 fully saturated rings. The van der Waals surface area contributed by atoms with Gasteiger partial charge in [0.15, 0.2) is 0 Å². The minimum atomic E-state index is -0.481. The second-order valence-electron chi connectivity index (χ2n) is 13.3. The first kappa shape index (κ1) is 38.5. The van der Waals surface area contributed by atoms with E-state index in [0.29, 0.717) is 48.3 Å². The molecule has 0 unspecified atom stereocenters. The van der Waals surface area contributed by atoms with E-state index in [-0.39, 0.29) is 0 Å². The highest BCUT2D eigenvalue weighted by molar-refractivity contribution is 5.94. The molecule has 0 spiro atoms. The summed E-state index contributed by atoms with van der Waals surface area (Å²) in [5.74, 6) is 1.94. The SMILES string of the molecule is CCCCCCCCOc1ccc(C(=O)Oc2ccc(N=Nc3ccc(OCCCC)cc3)cc2)c(OCCCCCC[N+](C)(C)C)c1. The number of rotatable bonds is 24. The molecule has 0 bridgehead atoms. The van der Waals surface area contributed by atoms with Crippen LogP contribution in [0.3, 0.4) is 0 Å². The molecule has 3 aromatic carbocycles. The van der Waals surface area contributed by atoms with Gasteiger partial charge in [-0.25, -0.2) is 4.79 Å². The highest BCUT2D eigenvalue weighted by Gasteiger charge is 2.17. The lowest BCUT2D eigenvalue weighted by Crippen LogP contribution is -2.35. The zero-order valence-corrected chi connectivity index (χ0v) is 30.0. The second-order valence-corrected chi connectivity index (χ2v) is 13.3. The van der Waals surface area contributed by atoms with Crippen molar-refractivity contribution < 1.29 is 28.2 Å². The van der Waals surface area contributed by atoms with Crippen LogP contribution in [-0.4, -0.2) is 58.0 Å². The molecule has 0 aliphatic rings. The molecule has 0 heterocycles. The number of azo groups is 1. The molecule has 0 aliphatic carbocycles. The van der Waals surface area contributed by atoms with Crippen molar-refractivity contribution in [3.05, 3.63) is 72.3 Å². The highest BCUT2D eigenvalue weighted by atomic mass is 16.5. The number of hydrogen-bond donors (Lipinski definition) is 0. The standard InChI is InChI=1S/C40H58N3O5/c1-6-8-10-11-13-16-30-46-37-26-27-38(39(32-37)47-31-17-14-12-15-28-43(3,4)5)40(44)48-36-24-20-34(21-25-36)42-41-33-18-22-35(23-19-33)45-29-9-7-2/h18-27,32H,6-17,28-31H2,1-5H3/q+1. The second kappa shape index (κ2) is 21.9. The van der Waals surface area contributed by atoms with Crippen LogP contribution in [-0.2, 0) is 0 Å². The molecule has 8 nitrogen and oxygen atoms in total. The Kier molecular flexibility index (Phi) is 17.6. The molecule has 3 aromatic rings. The van der Waals surface area contributed by atoms with E-state index in [4.69, 9.17) is 18.9 Å². The lowest BCUT2D eigenvalue weighted by molar-refractivity contribution is -0.870. The van der Waals surface area contributed by atoms with Crippen LogP contribution in [0.2, 0.25) is 0 Å². The van der Waals surface area contributed by atoms with Gasteiger partial charge in [0.25, 0.3) is 0 Å². The third-order valence-electron chi connectivity index (χ3n) is 7.85. The van der Waals surface area contributed by atoms with Crippen molar-refractivity contribution in [3.8, 4) is 23.0 Å². The van der Waals surface area contributed by atoms with E-state index in [1.54, 1.807) is 30.3 Å². The summed E-state index contributed by atoms with van der Waals surface area (Å²) >= 11 is 0. The summed E-state index contributed by atoms with van der Waals surface area (Å²) in [7, 11) is 6.66. The number of esters is 1. The third-order valence-corrected chi connectivity index (χ3v) is 7.85. The smallest absolute Gasteiger partial charge is 0.347 e. The number of ether oxygens (including phenoxy) is 4. The zero-order valence-electron chi connectivity index (χ0n) is 30.0. The predicted octanol–water partition coefficient (Wildman–Crippen LogP) is 10.9. The quantitative estimate of drug-likeness (QED) is 0.0314. The van der Waals surface area contributed by atoms with Crippen molar-refractivity contribution in [2.24, 2.45) is 10.2 Å².